The Balaban J connectivity index is 1.68. The van der Waals surface area contributed by atoms with Gasteiger partial charge in [0.2, 0.25) is 11.7 Å². The molecular weight excluding hydrogens is 314 g/mol. The molecule has 0 N–H and O–H groups in total. The van der Waals surface area contributed by atoms with Crippen LogP contribution in [-0.4, -0.2) is 44.1 Å². The van der Waals surface area contributed by atoms with Crippen molar-refractivity contribution in [1.82, 2.24) is 25.1 Å². The topological polar surface area (TPSA) is 63.9 Å². The van der Waals surface area contributed by atoms with Gasteiger partial charge in [0.1, 0.15) is 6.54 Å². The zero-order chi connectivity index (χ0) is 16.4. The zero-order valence-corrected chi connectivity index (χ0v) is 14.1. The number of carbonyl (C=O) groups is 1. The molecule has 2 atom stereocenters. The summed E-state index contributed by atoms with van der Waals surface area (Å²) < 4.78 is 0. The molecule has 2 heterocycles. The minimum absolute atomic E-state index is 0.0402. The van der Waals surface area contributed by atoms with Crippen LogP contribution in [-0.2, 0) is 11.3 Å². The molecule has 6 nitrogen and oxygen atoms in total. The fourth-order valence-electron chi connectivity index (χ4n) is 3.14. The Bertz CT molecular complexity index is 691. The number of aromatic nitrogens is 4. The van der Waals surface area contributed by atoms with Crippen LogP contribution in [0.3, 0.4) is 0 Å². The maximum Gasteiger partial charge on any atom is 0.246 e. The smallest absolute Gasteiger partial charge is 0.246 e. The van der Waals surface area contributed by atoms with Crippen LogP contribution in [0.2, 0.25) is 5.02 Å². The standard InChI is InChI=1S/C16H20ClN5O/c1-11-6-12(2)9-21(8-11)15(23)10-22-19-16(18-20-22)13-4-3-5-14(17)7-13/h3-5,7,11-12H,6,8-10H2,1-2H3/t11-,12-/m1/s1. The number of amides is 1. The van der Waals surface area contributed by atoms with Crippen LogP contribution in [0.15, 0.2) is 24.3 Å². The van der Waals surface area contributed by atoms with Crippen LogP contribution in [0.25, 0.3) is 11.4 Å². The van der Waals surface area contributed by atoms with E-state index in [1.165, 1.54) is 11.2 Å². The minimum Gasteiger partial charge on any atom is -0.340 e. The molecule has 0 bridgehead atoms. The largest absolute Gasteiger partial charge is 0.340 e. The lowest BCUT2D eigenvalue weighted by Crippen LogP contribution is -2.44. The Morgan fingerprint density at radius 2 is 2.04 bits per heavy atom. The highest BCUT2D eigenvalue weighted by atomic mass is 35.5. The van der Waals surface area contributed by atoms with E-state index in [9.17, 15) is 4.79 Å². The predicted molar refractivity (Wildman–Crippen MR) is 87.8 cm³/mol. The van der Waals surface area contributed by atoms with Gasteiger partial charge in [-0.2, -0.15) is 4.80 Å². The lowest BCUT2D eigenvalue weighted by molar-refractivity contribution is -0.135. The Hall–Kier alpha value is -1.95. The van der Waals surface area contributed by atoms with Gasteiger partial charge in [0.25, 0.3) is 0 Å². The summed E-state index contributed by atoms with van der Waals surface area (Å²) in [6, 6.07) is 7.26. The Labute approximate surface area is 140 Å². The molecule has 1 aliphatic rings. The van der Waals surface area contributed by atoms with E-state index >= 15 is 0 Å². The van der Waals surface area contributed by atoms with Gasteiger partial charge in [-0.1, -0.05) is 37.6 Å². The second-order valence-electron chi connectivity index (χ2n) is 6.40. The van der Waals surface area contributed by atoms with E-state index < -0.39 is 0 Å². The quantitative estimate of drug-likeness (QED) is 0.865. The molecule has 1 aromatic carbocycles. The van der Waals surface area contributed by atoms with Gasteiger partial charge in [-0.15, -0.1) is 10.2 Å². The molecule has 1 aliphatic heterocycles. The normalized spacial score (nSPS) is 21.4. The summed E-state index contributed by atoms with van der Waals surface area (Å²) in [5.41, 5.74) is 0.788. The lowest BCUT2D eigenvalue weighted by atomic mass is 9.92. The van der Waals surface area contributed by atoms with E-state index in [0.717, 1.165) is 18.7 Å². The van der Waals surface area contributed by atoms with Gasteiger partial charge in [0.05, 0.1) is 0 Å². The molecule has 1 fully saturated rings. The van der Waals surface area contributed by atoms with Gasteiger partial charge in [-0.25, -0.2) is 0 Å². The first-order valence-electron chi connectivity index (χ1n) is 7.83. The third kappa shape index (κ3) is 3.88. The van der Waals surface area contributed by atoms with Crippen molar-refractivity contribution in [3.8, 4) is 11.4 Å². The van der Waals surface area contributed by atoms with Crippen LogP contribution in [0, 0.1) is 11.8 Å². The van der Waals surface area contributed by atoms with Crippen molar-refractivity contribution >= 4 is 17.5 Å². The monoisotopic (exact) mass is 333 g/mol. The van der Waals surface area contributed by atoms with Crippen molar-refractivity contribution in [2.24, 2.45) is 11.8 Å². The average molecular weight is 334 g/mol. The Morgan fingerprint density at radius 3 is 2.74 bits per heavy atom. The molecule has 0 saturated carbocycles. The van der Waals surface area contributed by atoms with Gasteiger partial charge in [-0.3, -0.25) is 4.79 Å². The van der Waals surface area contributed by atoms with Crippen LogP contribution in [0.4, 0.5) is 0 Å². The summed E-state index contributed by atoms with van der Waals surface area (Å²) in [6.45, 7) is 6.09. The molecule has 23 heavy (non-hydrogen) atoms. The number of hydrogen-bond acceptors (Lipinski definition) is 4. The summed E-state index contributed by atoms with van der Waals surface area (Å²) >= 11 is 5.97. The summed E-state index contributed by atoms with van der Waals surface area (Å²) in [7, 11) is 0. The fourth-order valence-corrected chi connectivity index (χ4v) is 3.33. The number of tetrazole rings is 1. The first kappa shape index (κ1) is 15.9. The molecule has 3 rings (SSSR count). The highest BCUT2D eigenvalue weighted by molar-refractivity contribution is 6.30. The molecule has 1 saturated heterocycles. The van der Waals surface area contributed by atoms with Crippen molar-refractivity contribution in [2.45, 2.75) is 26.8 Å². The van der Waals surface area contributed by atoms with Gasteiger partial charge in [-0.05, 0) is 35.6 Å². The number of benzene rings is 1. The van der Waals surface area contributed by atoms with Gasteiger partial charge < -0.3 is 4.90 Å². The van der Waals surface area contributed by atoms with E-state index in [1.54, 1.807) is 12.1 Å². The maximum absolute atomic E-state index is 12.4. The average Bonchev–Trinajstić information content (AvgIpc) is 2.95. The Morgan fingerprint density at radius 1 is 1.30 bits per heavy atom. The number of carbonyl (C=O) groups excluding carboxylic acids is 1. The van der Waals surface area contributed by atoms with Crippen molar-refractivity contribution < 1.29 is 4.79 Å². The SMILES string of the molecule is C[C@@H]1C[C@@H](C)CN(C(=O)Cn2nnc(-c3cccc(Cl)c3)n2)C1. The summed E-state index contributed by atoms with van der Waals surface area (Å²) in [5, 5.41) is 12.9. The van der Waals surface area contributed by atoms with Crippen LogP contribution >= 0.6 is 11.6 Å². The number of hydrogen-bond donors (Lipinski definition) is 0. The molecule has 0 aliphatic carbocycles. The highest BCUT2D eigenvalue weighted by Gasteiger charge is 2.25. The number of nitrogens with zero attached hydrogens (tertiary/aromatic N) is 5. The van der Waals surface area contributed by atoms with Crippen molar-refractivity contribution in [3.63, 3.8) is 0 Å². The van der Waals surface area contributed by atoms with Crippen molar-refractivity contribution in [2.75, 3.05) is 13.1 Å². The summed E-state index contributed by atoms with van der Waals surface area (Å²) in [4.78, 5) is 15.7. The van der Waals surface area contributed by atoms with E-state index in [2.05, 4.69) is 29.3 Å². The second kappa shape index (κ2) is 6.66. The van der Waals surface area contributed by atoms with E-state index in [-0.39, 0.29) is 12.5 Å². The van der Waals surface area contributed by atoms with Crippen molar-refractivity contribution in [3.05, 3.63) is 29.3 Å². The summed E-state index contributed by atoms with van der Waals surface area (Å²) in [5.74, 6) is 1.58. The first-order chi connectivity index (χ1) is 11.0. The highest BCUT2D eigenvalue weighted by Crippen LogP contribution is 2.21. The Kier molecular flexibility index (Phi) is 4.61. The van der Waals surface area contributed by atoms with E-state index in [0.29, 0.717) is 22.7 Å². The molecule has 1 aromatic heterocycles. The molecule has 1 amide bonds. The molecule has 2 aromatic rings. The van der Waals surface area contributed by atoms with Crippen LogP contribution < -0.4 is 0 Å². The second-order valence-corrected chi connectivity index (χ2v) is 6.83. The van der Waals surface area contributed by atoms with Crippen LogP contribution in [0.1, 0.15) is 20.3 Å². The van der Waals surface area contributed by atoms with Gasteiger partial charge in [0.15, 0.2) is 0 Å². The number of likely N-dealkylation sites (tertiary alicyclic amines) is 1. The molecule has 122 valence electrons. The molecule has 7 heteroatoms. The van der Waals surface area contributed by atoms with E-state index in [1.807, 2.05) is 17.0 Å². The third-order valence-electron chi connectivity index (χ3n) is 4.03. The molecular formula is C16H20ClN5O. The zero-order valence-electron chi connectivity index (χ0n) is 13.3. The minimum atomic E-state index is 0.0402. The third-order valence-corrected chi connectivity index (χ3v) is 4.27. The fraction of sp³-hybridized carbons (Fsp3) is 0.500. The van der Waals surface area contributed by atoms with Crippen LogP contribution in [0.5, 0.6) is 0 Å². The maximum atomic E-state index is 12.4. The van der Waals surface area contributed by atoms with Gasteiger partial charge >= 0.3 is 0 Å². The number of rotatable bonds is 3. The summed E-state index contributed by atoms with van der Waals surface area (Å²) in [6.07, 6.45) is 1.17. The lowest BCUT2D eigenvalue weighted by Gasteiger charge is -2.34. The molecule has 0 spiro atoms. The first-order valence-corrected chi connectivity index (χ1v) is 8.20. The van der Waals surface area contributed by atoms with Crippen molar-refractivity contribution in [1.29, 1.82) is 0 Å². The number of piperidine rings is 1. The predicted octanol–water partition coefficient (Wildman–Crippen LogP) is 2.50. The molecule has 0 unspecified atom stereocenters. The van der Waals surface area contributed by atoms with Gasteiger partial charge in [0, 0.05) is 23.7 Å². The number of halogens is 1. The molecule has 0 radical (unpaired) electrons. The van der Waals surface area contributed by atoms with E-state index in [4.69, 9.17) is 11.6 Å².